The first-order valence-electron chi connectivity index (χ1n) is 7.14. The van der Waals surface area contributed by atoms with Gasteiger partial charge in [-0.3, -0.25) is 9.78 Å². The molecule has 0 aliphatic rings. The highest BCUT2D eigenvalue weighted by atomic mass is 35.5. The summed E-state index contributed by atoms with van der Waals surface area (Å²) in [7, 11) is 0. The third-order valence-electron chi connectivity index (χ3n) is 3.71. The first-order valence-corrected chi connectivity index (χ1v) is 7.52. The molecule has 2 aromatic carbocycles. The quantitative estimate of drug-likeness (QED) is 0.566. The molecule has 4 rings (SSSR count). The average molecular weight is 322 g/mol. The smallest absolute Gasteiger partial charge is 0.272 e. The van der Waals surface area contributed by atoms with E-state index < -0.39 is 0 Å². The average Bonchev–Trinajstić information content (AvgIpc) is 2.98. The van der Waals surface area contributed by atoms with Crippen molar-refractivity contribution >= 4 is 45.0 Å². The molecule has 0 saturated heterocycles. The number of H-pyrrole nitrogens is 1. The maximum absolute atomic E-state index is 12.5. The van der Waals surface area contributed by atoms with E-state index in [4.69, 9.17) is 11.6 Å². The Morgan fingerprint density at radius 2 is 1.91 bits per heavy atom. The van der Waals surface area contributed by atoms with E-state index in [2.05, 4.69) is 15.3 Å². The molecule has 1 amide bonds. The Bertz CT molecular complexity index is 1030. The molecule has 2 heterocycles. The summed E-state index contributed by atoms with van der Waals surface area (Å²) in [6.45, 7) is 0. The number of anilines is 1. The third-order valence-corrected chi connectivity index (χ3v) is 3.95. The summed E-state index contributed by atoms with van der Waals surface area (Å²) in [6.07, 6.45) is 1.71. The van der Waals surface area contributed by atoms with Gasteiger partial charge in [-0.2, -0.15) is 0 Å². The van der Waals surface area contributed by atoms with Crippen LogP contribution >= 0.6 is 11.6 Å². The Kier molecular flexibility index (Phi) is 3.24. The Morgan fingerprint density at radius 1 is 1.04 bits per heavy atom. The highest BCUT2D eigenvalue weighted by Crippen LogP contribution is 2.23. The number of carbonyl (C=O) groups is 1. The van der Waals surface area contributed by atoms with Gasteiger partial charge in [-0.1, -0.05) is 35.9 Å². The maximum atomic E-state index is 12.5. The number of rotatable bonds is 2. The predicted molar refractivity (Wildman–Crippen MR) is 93.0 cm³/mol. The summed E-state index contributed by atoms with van der Waals surface area (Å²) in [5, 5.41) is 5.46. The molecule has 112 valence electrons. The van der Waals surface area contributed by atoms with E-state index in [-0.39, 0.29) is 5.91 Å². The summed E-state index contributed by atoms with van der Waals surface area (Å²) in [6, 6.07) is 16.8. The van der Waals surface area contributed by atoms with E-state index in [0.29, 0.717) is 16.4 Å². The van der Waals surface area contributed by atoms with Gasteiger partial charge in [0, 0.05) is 27.5 Å². The second kappa shape index (κ2) is 5.41. The molecule has 0 fully saturated rings. The van der Waals surface area contributed by atoms with Gasteiger partial charge < -0.3 is 10.3 Å². The molecule has 0 aliphatic carbocycles. The van der Waals surface area contributed by atoms with Crippen LogP contribution < -0.4 is 5.32 Å². The number of nitrogens with one attached hydrogen (secondary N) is 2. The second-order valence-electron chi connectivity index (χ2n) is 5.25. The van der Waals surface area contributed by atoms with Crippen molar-refractivity contribution < 1.29 is 4.79 Å². The van der Waals surface area contributed by atoms with Gasteiger partial charge in [0.15, 0.2) is 0 Å². The molecule has 5 heteroatoms. The van der Waals surface area contributed by atoms with Crippen molar-refractivity contribution in [3.05, 3.63) is 71.5 Å². The van der Waals surface area contributed by atoms with Gasteiger partial charge in [0.1, 0.15) is 5.69 Å². The number of hydrogen-bond acceptors (Lipinski definition) is 2. The first-order chi connectivity index (χ1) is 11.2. The molecule has 0 saturated carbocycles. The van der Waals surface area contributed by atoms with E-state index in [9.17, 15) is 4.79 Å². The summed E-state index contributed by atoms with van der Waals surface area (Å²) >= 11 is 5.97. The SMILES string of the molecule is O=C(Nc1cccc2cccnc12)c1cc2ccc(Cl)cc2[nH]1. The summed E-state index contributed by atoms with van der Waals surface area (Å²) in [5.74, 6) is -0.213. The Balaban J connectivity index is 1.70. The van der Waals surface area contributed by atoms with Crippen molar-refractivity contribution in [2.45, 2.75) is 0 Å². The fourth-order valence-electron chi connectivity index (χ4n) is 2.62. The van der Waals surface area contributed by atoms with Crippen LogP contribution in [-0.4, -0.2) is 15.9 Å². The van der Waals surface area contributed by atoms with Gasteiger partial charge in [-0.25, -0.2) is 0 Å². The molecule has 2 aromatic heterocycles. The number of halogens is 1. The van der Waals surface area contributed by atoms with Crippen molar-refractivity contribution in [2.75, 3.05) is 5.32 Å². The van der Waals surface area contributed by atoms with E-state index in [0.717, 1.165) is 21.8 Å². The van der Waals surface area contributed by atoms with Gasteiger partial charge in [-0.05, 0) is 30.3 Å². The number of carbonyl (C=O) groups excluding carboxylic acids is 1. The van der Waals surface area contributed by atoms with Crippen molar-refractivity contribution in [2.24, 2.45) is 0 Å². The van der Waals surface area contributed by atoms with Crippen LogP contribution in [0.5, 0.6) is 0 Å². The zero-order chi connectivity index (χ0) is 15.8. The molecule has 0 aliphatic heterocycles. The van der Waals surface area contributed by atoms with Crippen molar-refractivity contribution in [1.29, 1.82) is 0 Å². The van der Waals surface area contributed by atoms with E-state index in [1.807, 2.05) is 36.4 Å². The zero-order valence-corrected chi connectivity index (χ0v) is 12.8. The molecule has 23 heavy (non-hydrogen) atoms. The summed E-state index contributed by atoms with van der Waals surface area (Å²) in [4.78, 5) is 19.9. The van der Waals surface area contributed by atoms with Crippen LogP contribution in [0.3, 0.4) is 0 Å². The second-order valence-corrected chi connectivity index (χ2v) is 5.69. The lowest BCUT2D eigenvalue weighted by Crippen LogP contribution is -2.12. The lowest BCUT2D eigenvalue weighted by molar-refractivity contribution is 0.102. The molecule has 2 N–H and O–H groups in total. The van der Waals surface area contributed by atoms with E-state index in [1.165, 1.54) is 0 Å². The van der Waals surface area contributed by atoms with Gasteiger partial charge in [0.2, 0.25) is 0 Å². The molecule has 4 nitrogen and oxygen atoms in total. The topological polar surface area (TPSA) is 57.8 Å². The first kappa shape index (κ1) is 13.8. The van der Waals surface area contributed by atoms with Crippen LogP contribution in [0.15, 0.2) is 60.8 Å². The van der Waals surface area contributed by atoms with Gasteiger partial charge in [0.25, 0.3) is 5.91 Å². The Morgan fingerprint density at radius 3 is 2.83 bits per heavy atom. The van der Waals surface area contributed by atoms with Gasteiger partial charge >= 0.3 is 0 Å². The minimum atomic E-state index is -0.213. The number of para-hydroxylation sites is 1. The molecule has 0 radical (unpaired) electrons. The van der Waals surface area contributed by atoms with E-state index in [1.54, 1.807) is 24.4 Å². The van der Waals surface area contributed by atoms with E-state index >= 15 is 0 Å². The number of hydrogen-bond donors (Lipinski definition) is 2. The number of benzene rings is 2. The van der Waals surface area contributed by atoms with Crippen LogP contribution in [0.25, 0.3) is 21.8 Å². The highest BCUT2D eigenvalue weighted by molar-refractivity contribution is 6.31. The number of aromatic amines is 1. The molecule has 0 bridgehead atoms. The predicted octanol–water partition coefficient (Wildman–Crippen LogP) is 4.62. The Hall–Kier alpha value is -2.85. The highest BCUT2D eigenvalue weighted by Gasteiger charge is 2.12. The lowest BCUT2D eigenvalue weighted by atomic mass is 10.2. The fraction of sp³-hybridized carbons (Fsp3) is 0. The number of nitrogens with zero attached hydrogens (tertiary/aromatic N) is 1. The number of aromatic nitrogens is 2. The summed E-state index contributed by atoms with van der Waals surface area (Å²) in [5.41, 5.74) is 2.76. The maximum Gasteiger partial charge on any atom is 0.272 e. The Labute approximate surface area is 137 Å². The van der Waals surface area contributed by atoms with Crippen LogP contribution in [0.1, 0.15) is 10.5 Å². The van der Waals surface area contributed by atoms with Gasteiger partial charge in [-0.15, -0.1) is 0 Å². The van der Waals surface area contributed by atoms with Crippen LogP contribution in [0.2, 0.25) is 5.02 Å². The monoisotopic (exact) mass is 321 g/mol. The zero-order valence-electron chi connectivity index (χ0n) is 12.0. The lowest BCUT2D eigenvalue weighted by Gasteiger charge is -2.06. The molecule has 0 atom stereocenters. The third kappa shape index (κ3) is 2.53. The largest absolute Gasteiger partial charge is 0.350 e. The molecular formula is C18H12ClN3O. The van der Waals surface area contributed by atoms with Crippen LogP contribution in [0.4, 0.5) is 5.69 Å². The van der Waals surface area contributed by atoms with Crippen molar-refractivity contribution in [1.82, 2.24) is 9.97 Å². The number of pyridine rings is 1. The minimum absolute atomic E-state index is 0.213. The number of fused-ring (bicyclic) bond motifs is 2. The number of amides is 1. The molecule has 4 aromatic rings. The molecule has 0 unspecified atom stereocenters. The van der Waals surface area contributed by atoms with Crippen molar-refractivity contribution in [3.63, 3.8) is 0 Å². The molecular weight excluding hydrogens is 310 g/mol. The summed E-state index contributed by atoms with van der Waals surface area (Å²) < 4.78 is 0. The standard InChI is InChI=1S/C18H12ClN3O/c19-13-7-6-12-9-16(21-15(12)10-13)18(23)22-14-5-1-3-11-4-2-8-20-17(11)14/h1-10,21H,(H,22,23). The molecule has 0 spiro atoms. The fourth-order valence-corrected chi connectivity index (χ4v) is 2.79. The minimum Gasteiger partial charge on any atom is -0.350 e. The van der Waals surface area contributed by atoms with Crippen LogP contribution in [-0.2, 0) is 0 Å². The van der Waals surface area contributed by atoms with Crippen LogP contribution in [0, 0.1) is 0 Å². The normalized spacial score (nSPS) is 11.0. The van der Waals surface area contributed by atoms with Gasteiger partial charge in [0.05, 0.1) is 11.2 Å². The van der Waals surface area contributed by atoms with Crippen molar-refractivity contribution in [3.8, 4) is 0 Å².